The van der Waals surface area contributed by atoms with E-state index < -0.39 is 83.3 Å². The third kappa shape index (κ3) is 6.68. The third-order valence-corrected chi connectivity index (χ3v) is 8.42. The average Bonchev–Trinajstić information content (AvgIpc) is 3.21. The first-order chi connectivity index (χ1) is 20.7. The summed E-state index contributed by atoms with van der Waals surface area (Å²) in [6.07, 6.45) is -12.6. The van der Waals surface area contributed by atoms with Crippen molar-refractivity contribution in [1.82, 2.24) is 15.1 Å². The Morgan fingerprint density at radius 1 is 1.00 bits per heavy atom. The molecule has 16 heteroatoms. The highest BCUT2D eigenvalue weighted by Gasteiger charge is 2.59. The Bertz CT molecular complexity index is 1500. The number of imide groups is 1. The number of carbonyl (C=O) groups is 4. The van der Waals surface area contributed by atoms with Crippen LogP contribution in [0.25, 0.3) is 0 Å². The van der Waals surface area contributed by atoms with Gasteiger partial charge in [-0.1, -0.05) is 13.0 Å². The summed E-state index contributed by atoms with van der Waals surface area (Å²) in [5.41, 5.74) is -4.15. The summed E-state index contributed by atoms with van der Waals surface area (Å²) in [5.74, 6) is -5.93. The topological polar surface area (TPSA) is 127 Å². The SMILES string of the molecule is Cc1cc(F)ccc1[C@H]1C[C@@]2(CCN1C(=O)NC[C@H](C)c1cc(C(F)(F)F)cc(C(F)(F)F)c1)CC(C(=O)O)C(=O)N2C(=O)O. The molecule has 3 N–H and O–H groups in total. The quantitative estimate of drug-likeness (QED) is 0.263. The van der Waals surface area contributed by atoms with Gasteiger partial charge in [0.05, 0.1) is 22.7 Å². The van der Waals surface area contributed by atoms with Crippen LogP contribution in [0.4, 0.5) is 40.3 Å². The van der Waals surface area contributed by atoms with Crippen molar-refractivity contribution in [3.8, 4) is 0 Å². The van der Waals surface area contributed by atoms with Crippen LogP contribution in [-0.4, -0.2) is 62.6 Å². The number of hydrogen-bond donors (Lipinski definition) is 3. The summed E-state index contributed by atoms with van der Waals surface area (Å²) in [6, 6.07) is 2.93. The number of carboxylic acid groups (broad SMARTS) is 2. The van der Waals surface area contributed by atoms with Gasteiger partial charge in [0.15, 0.2) is 0 Å². The summed E-state index contributed by atoms with van der Waals surface area (Å²) in [6.45, 7) is 2.24. The van der Waals surface area contributed by atoms with Crippen molar-refractivity contribution in [3.63, 3.8) is 0 Å². The molecular formula is C29H28F7N3O6. The zero-order valence-electron chi connectivity index (χ0n) is 23.8. The van der Waals surface area contributed by atoms with Crippen LogP contribution in [0, 0.1) is 18.7 Å². The van der Waals surface area contributed by atoms with Gasteiger partial charge < -0.3 is 20.4 Å². The summed E-state index contributed by atoms with van der Waals surface area (Å²) in [4.78, 5) is 51.9. The number of amides is 4. The molecule has 45 heavy (non-hydrogen) atoms. The van der Waals surface area contributed by atoms with Crippen LogP contribution in [0.3, 0.4) is 0 Å². The smallest absolute Gasteiger partial charge is 0.416 e. The molecule has 0 bridgehead atoms. The van der Waals surface area contributed by atoms with E-state index in [2.05, 4.69) is 5.32 Å². The Morgan fingerprint density at radius 3 is 2.11 bits per heavy atom. The van der Waals surface area contributed by atoms with E-state index in [4.69, 9.17) is 0 Å². The molecule has 1 unspecified atom stereocenters. The van der Waals surface area contributed by atoms with Crippen molar-refractivity contribution in [2.24, 2.45) is 5.92 Å². The lowest BCUT2D eigenvalue weighted by Crippen LogP contribution is -2.58. The Balaban J connectivity index is 1.63. The number of nitrogens with zero attached hydrogens (tertiary/aromatic N) is 2. The maximum atomic E-state index is 14.0. The van der Waals surface area contributed by atoms with E-state index in [1.807, 2.05) is 0 Å². The number of nitrogens with one attached hydrogen (secondary N) is 1. The van der Waals surface area contributed by atoms with E-state index in [1.54, 1.807) is 0 Å². The molecule has 0 radical (unpaired) electrons. The molecule has 2 heterocycles. The van der Waals surface area contributed by atoms with Gasteiger partial charge >= 0.3 is 30.4 Å². The Morgan fingerprint density at radius 2 is 1.60 bits per heavy atom. The Labute approximate surface area is 251 Å². The number of rotatable bonds is 5. The molecule has 2 aliphatic rings. The fraction of sp³-hybridized carbons (Fsp3) is 0.448. The number of urea groups is 1. The monoisotopic (exact) mass is 647 g/mol. The lowest BCUT2D eigenvalue weighted by molar-refractivity contribution is -0.147. The van der Waals surface area contributed by atoms with Gasteiger partial charge in [-0.05, 0) is 79.1 Å². The van der Waals surface area contributed by atoms with E-state index >= 15 is 0 Å². The summed E-state index contributed by atoms with van der Waals surface area (Å²) < 4.78 is 94.1. The van der Waals surface area contributed by atoms with Crippen molar-refractivity contribution in [1.29, 1.82) is 0 Å². The summed E-state index contributed by atoms with van der Waals surface area (Å²) in [7, 11) is 0. The molecular weight excluding hydrogens is 619 g/mol. The molecule has 1 spiro atoms. The number of carboxylic acids is 1. The first-order valence-electron chi connectivity index (χ1n) is 13.6. The second-order valence-electron chi connectivity index (χ2n) is 11.4. The van der Waals surface area contributed by atoms with Gasteiger partial charge in [0.1, 0.15) is 11.7 Å². The van der Waals surface area contributed by atoms with Crippen molar-refractivity contribution in [2.75, 3.05) is 13.1 Å². The fourth-order valence-corrected chi connectivity index (χ4v) is 6.14. The zero-order chi connectivity index (χ0) is 33.6. The van der Waals surface area contributed by atoms with Crippen molar-refractivity contribution in [2.45, 2.75) is 63.0 Å². The summed E-state index contributed by atoms with van der Waals surface area (Å²) in [5, 5.41) is 21.9. The van der Waals surface area contributed by atoms with Crippen LogP contribution >= 0.6 is 0 Å². The van der Waals surface area contributed by atoms with Gasteiger partial charge in [0.2, 0.25) is 5.91 Å². The number of carbonyl (C=O) groups excluding carboxylic acids is 2. The molecule has 4 rings (SSSR count). The number of likely N-dealkylation sites (tertiary alicyclic amines) is 2. The van der Waals surface area contributed by atoms with Crippen LogP contribution in [0.15, 0.2) is 36.4 Å². The largest absolute Gasteiger partial charge is 0.481 e. The Kier molecular flexibility index (Phi) is 8.83. The predicted molar refractivity (Wildman–Crippen MR) is 141 cm³/mol. The first kappa shape index (κ1) is 33.5. The molecule has 0 saturated carbocycles. The molecule has 2 saturated heterocycles. The zero-order valence-corrected chi connectivity index (χ0v) is 23.8. The van der Waals surface area contributed by atoms with Crippen molar-refractivity contribution < 1.29 is 60.1 Å². The number of piperidine rings is 1. The molecule has 4 amide bonds. The number of halogens is 7. The number of aliphatic carboxylic acids is 1. The van der Waals surface area contributed by atoms with Crippen molar-refractivity contribution >= 4 is 24.0 Å². The van der Waals surface area contributed by atoms with Gasteiger partial charge in [-0.3, -0.25) is 9.59 Å². The molecule has 0 aromatic heterocycles. The minimum absolute atomic E-state index is 0.00289. The highest BCUT2D eigenvalue weighted by Crippen LogP contribution is 2.48. The average molecular weight is 648 g/mol. The van der Waals surface area contributed by atoms with Crippen LogP contribution in [0.1, 0.15) is 66.0 Å². The van der Waals surface area contributed by atoms with Gasteiger partial charge in [0.25, 0.3) is 0 Å². The molecule has 2 aromatic rings. The van der Waals surface area contributed by atoms with Gasteiger partial charge in [-0.25, -0.2) is 18.9 Å². The van der Waals surface area contributed by atoms with E-state index in [0.717, 1.165) is 12.1 Å². The molecule has 2 fully saturated rings. The lowest BCUT2D eigenvalue weighted by Gasteiger charge is -2.47. The predicted octanol–water partition coefficient (Wildman–Crippen LogP) is 6.17. The normalized spacial score (nSPS) is 22.9. The molecule has 2 aromatic carbocycles. The molecule has 244 valence electrons. The van der Waals surface area contributed by atoms with Crippen molar-refractivity contribution in [3.05, 3.63) is 70.0 Å². The fourth-order valence-electron chi connectivity index (χ4n) is 6.14. The van der Waals surface area contributed by atoms with Crippen LogP contribution < -0.4 is 5.32 Å². The highest BCUT2D eigenvalue weighted by atomic mass is 19.4. The molecule has 4 atom stereocenters. The second-order valence-corrected chi connectivity index (χ2v) is 11.4. The van der Waals surface area contributed by atoms with Gasteiger partial charge in [-0.2, -0.15) is 26.3 Å². The maximum Gasteiger partial charge on any atom is 0.416 e. The maximum absolute atomic E-state index is 14.0. The number of aryl methyl sites for hydroxylation is 1. The minimum atomic E-state index is -5.06. The molecule has 0 aliphatic carbocycles. The van der Waals surface area contributed by atoms with Gasteiger partial charge in [-0.15, -0.1) is 0 Å². The van der Waals surface area contributed by atoms with Crippen LogP contribution in [-0.2, 0) is 21.9 Å². The molecule has 9 nitrogen and oxygen atoms in total. The number of alkyl halides is 6. The first-order valence-corrected chi connectivity index (χ1v) is 13.6. The standard InChI is InChI=1S/C29H28F7N3O6/c1-14-7-19(30)3-4-20(14)22-12-27(11-21(24(41)42)23(40)39(27)26(44)45)5-6-38(22)25(43)37-13-15(2)16-8-17(28(31,32)33)10-18(9-16)29(34,35)36/h3-4,7-10,15,21-22H,5-6,11-13H2,1-2H3,(H,37,43)(H,41,42)(H,44,45)/t15-,21?,22+,27+/m0/s1. The Hall–Kier alpha value is -4.37. The summed E-state index contributed by atoms with van der Waals surface area (Å²) >= 11 is 0. The number of benzene rings is 2. The van der Waals surface area contributed by atoms with Gasteiger partial charge in [0, 0.05) is 13.1 Å². The third-order valence-electron chi connectivity index (χ3n) is 8.42. The van der Waals surface area contributed by atoms with E-state index in [1.165, 1.54) is 24.8 Å². The number of hydrogen-bond acceptors (Lipinski definition) is 4. The molecule has 2 aliphatic heterocycles. The van der Waals surface area contributed by atoms with E-state index in [-0.39, 0.29) is 37.4 Å². The second kappa shape index (κ2) is 11.9. The van der Waals surface area contributed by atoms with Crippen LogP contribution in [0.5, 0.6) is 0 Å². The van der Waals surface area contributed by atoms with E-state index in [9.17, 15) is 60.1 Å². The lowest BCUT2D eigenvalue weighted by atomic mass is 9.77. The highest BCUT2D eigenvalue weighted by molar-refractivity contribution is 6.05. The van der Waals surface area contributed by atoms with E-state index in [0.29, 0.717) is 28.2 Å². The minimum Gasteiger partial charge on any atom is -0.481 e. The van der Waals surface area contributed by atoms with Crippen LogP contribution in [0.2, 0.25) is 0 Å².